The quantitative estimate of drug-likeness (QED) is 0.874. The summed E-state index contributed by atoms with van der Waals surface area (Å²) < 4.78 is 28.9. The zero-order valence-electron chi connectivity index (χ0n) is 9.38. The Morgan fingerprint density at radius 3 is 2.89 bits per heavy atom. The molecule has 2 aromatic rings. The highest BCUT2D eigenvalue weighted by molar-refractivity contribution is 9.10. The van der Waals surface area contributed by atoms with Gasteiger partial charge in [0.2, 0.25) is 0 Å². The van der Waals surface area contributed by atoms with Gasteiger partial charge in [-0.2, -0.15) is 0 Å². The van der Waals surface area contributed by atoms with Crippen molar-refractivity contribution in [2.75, 3.05) is 11.9 Å². The van der Waals surface area contributed by atoms with Gasteiger partial charge in [-0.25, -0.2) is 13.8 Å². The summed E-state index contributed by atoms with van der Waals surface area (Å²) in [5, 5.41) is 3.23. The van der Waals surface area contributed by atoms with Gasteiger partial charge in [0.15, 0.2) is 11.6 Å². The molecule has 0 radical (unpaired) electrons. The molecule has 2 heterocycles. The number of halogens is 3. The van der Waals surface area contributed by atoms with Crippen LogP contribution in [0.5, 0.6) is 0 Å². The Morgan fingerprint density at radius 2 is 2.11 bits per heavy atom. The smallest absolute Gasteiger partial charge is 0.159 e. The van der Waals surface area contributed by atoms with Gasteiger partial charge in [0, 0.05) is 18.7 Å². The number of hydrogen-bond acceptors (Lipinski definition) is 2. The minimum atomic E-state index is -0.857. The third-order valence-corrected chi connectivity index (χ3v) is 3.51. The molecule has 0 fully saturated rings. The SMILES string of the molecule is Fc1ccc(-c2nc(Br)c3n2CCCN3)cc1F. The van der Waals surface area contributed by atoms with Gasteiger partial charge in [-0.15, -0.1) is 0 Å². The van der Waals surface area contributed by atoms with Crippen molar-refractivity contribution in [3.63, 3.8) is 0 Å². The molecule has 1 N–H and O–H groups in total. The molecule has 0 aliphatic carbocycles. The topological polar surface area (TPSA) is 29.9 Å². The molecule has 1 aliphatic heterocycles. The maximum absolute atomic E-state index is 13.3. The molecule has 1 aliphatic rings. The molecule has 0 amide bonds. The van der Waals surface area contributed by atoms with Crippen LogP contribution in [-0.2, 0) is 6.54 Å². The Balaban J connectivity index is 2.14. The Hall–Kier alpha value is -1.43. The lowest BCUT2D eigenvalue weighted by atomic mass is 10.2. The van der Waals surface area contributed by atoms with Crippen molar-refractivity contribution in [1.29, 1.82) is 0 Å². The van der Waals surface area contributed by atoms with Crippen molar-refractivity contribution in [3.05, 3.63) is 34.4 Å². The van der Waals surface area contributed by atoms with Gasteiger partial charge in [0.1, 0.15) is 16.2 Å². The van der Waals surface area contributed by atoms with E-state index in [0.717, 1.165) is 31.4 Å². The normalized spacial score (nSPS) is 14.2. The van der Waals surface area contributed by atoms with Crippen LogP contribution in [0.15, 0.2) is 22.8 Å². The lowest BCUT2D eigenvalue weighted by Crippen LogP contribution is -2.17. The molecular formula is C12H10BrF2N3. The third-order valence-electron chi connectivity index (χ3n) is 2.95. The van der Waals surface area contributed by atoms with Crippen LogP contribution in [0.3, 0.4) is 0 Å². The van der Waals surface area contributed by atoms with E-state index in [-0.39, 0.29) is 0 Å². The molecule has 0 unspecified atom stereocenters. The van der Waals surface area contributed by atoms with Crippen molar-refractivity contribution in [1.82, 2.24) is 9.55 Å². The number of aromatic nitrogens is 2. The van der Waals surface area contributed by atoms with E-state index in [0.29, 0.717) is 16.0 Å². The maximum Gasteiger partial charge on any atom is 0.159 e. The Morgan fingerprint density at radius 1 is 1.28 bits per heavy atom. The second-order valence-electron chi connectivity index (χ2n) is 4.14. The van der Waals surface area contributed by atoms with E-state index < -0.39 is 11.6 Å². The molecule has 0 atom stereocenters. The number of nitrogens with one attached hydrogen (secondary N) is 1. The monoisotopic (exact) mass is 313 g/mol. The number of hydrogen-bond donors (Lipinski definition) is 1. The molecule has 18 heavy (non-hydrogen) atoms. The average molecular weight is 314 g/mol. The maximum atomic E-state index is 13.3. The summed E-state index contributed by atoms with van der Waals surface area (Å²) in [4.78, 5) is 4.36. The van der Waals surface area contributed by atoms with E-state index in [1.54, 1.807) is 0 Å². The molecule has 94 valence electrons. The first-order valence-corrected chi connectivity index (χ1v) is 6.41. The zero-order chi connectivity index (χ0) is 12.7. The minimum Gasteiger partial charge on any atom is -0.369 e. The van der Waals surface area contributed by atoms with E-state index in [1.165, 1.54) is 12.1 Å². The zero-order valence-corrected chi connectivity index (χ0v) is 11.0. The minimum absolute atomic E-state index is 0.574. The standard InChI is InChI=1S/C12H10BrF2N3/c13-10-12-16-4-1-5-18(12)11(17-10)7-2-3-8(14)9(15)6-7/h2-3,6,16H,1,4-5H2. The van der Waals surface area contributed by atoms with Crippen molar-refractivity contribution < 1.29 is 8.78 Å². The number of nitrogens with zero attached hydrogens (tertiary/aromatic N) is 2. The fourth-order valence-corrected chi connectivity index (χ4v) is 2.63. The fourth-order valence-electron chi connectivity index (χ4n) is 2.11. The number of imidazole rings is 1. The summed E-state index contributed by atoms with van der Waals surface area (Å²) in [6, 6.07) is 3.83. The largest absolute Gasteiger partial charge is 0.369 e. The van der Waals surface area contributed by atoms with Crippen LogP contribution in [0.2, 0.25) is 0 Å². The van der Waals surface area contributed by atoms with Crippen LogP contribution in [0.4, 0.5) is 14.6 Å². The summed E-state index contributed by atoms with van der Waals surface area (Å²) in [5.41, 5.74) is 0.574. The highest BCUT2D eigenvalue weighted by Gasteiger charge is 2.19. The number of benzene rings is 1. The number of rotatable bonds is 1. The van der Waals surface area contributed by atoms with Gasteiger partial charge in [-0.1, -0.05) is 0 Å². The van der Waals surface area contributed by atoms with E-state index in [2.05, 4.69) is 26.2 Å². The first-order valence-electron chi connectivity index (χ1n) is 5.62. The van der Waals surface area contributed by atoms with Crippen LogP contribution in [-0.4, -0.2) is 16.1 Å². The Bertz CT molecular complexity index is 610. The van der Waals surface area contributed by atoms with Crippen molar-refractivity contribution >= 4 is 21.7 Å². The van der Waals surface area contributed by atoms with Crippen LogP contribution < -0.4 is 5.32 Å². The number of fused-ring (bicyclic) bond motifs is 1. The molecule has 0 bridgehead atoms. The Labute approximate surface area is 111 Å². The molecule has 0 saturated carbocycles. The van der Waals surface area contributed by atoms with E-state index in [1.807, 2.05) is 4.57 Å². The van der Waals surface area contributed by atoms with Crippen molar-refractivity contribution in [2.45, 2.75) is 13.0 Å². The second kappa shape index (κ2) is 4.35. The van der Waals surface area contributed by atoms with E-state index in [9.17, 15) is 8.78 Å². The highest BCUT2D eigenvalue weighted by atomic mass is 79.9. The summed E-state index contributed by atoms with van der Waals surface area (Å²) in [7, 11) is 0. The predicted molar refractivity (Wildman–Crippen MR) is 68.4 cm³/mol. The van der Waals surface area contributed by atoms with Crippen molar-refractivity contribution in [2.24, 2.45) is 0 Å². The van der Waals surface area contributed by atoms with Gasteiger partial charge in [0.25, 0.3) is 0 Å². The first-order chi connectivity index (χ1) is 8.66. The second-order valence-corrected chi connectivity index (χ2v) is 4.89. The molecule has 3 nitrogen and oxygen atoms in total. The van der Waals surface area contributed by atoms with Crippen LogP contribution in [0.25, 0.3) is 11.4 Å². The van der Waals surface area contributed by atoms with Gasteiger partial charge in [0.05, 0.1) is 0 Å². The van der Waals surface area contributed by atoms with Gasteiger partial charge < -0.3 is 9.88 Å². The fraction of sp³-hybridized carbons (Fsp3) is 0.250. The molecule has 3 rings (SSSR count). The van der Waals surface area contributed by atoms with Gasteiger partial charge in [-0.05, 0) is 40.5 Å². The summed E-state index contributed by atoms with van der Waals surface area (Å²) in [6.07, 6.45) is 0.979. The molecule has 1 aromatic heterocycles. The molecule has 0 saturated heterocycles. The summed E-state index contributed by atoms with van der Waals surface area (Å²) in [6.45, 7) is 1.71. The Kier molecular flexibility index (Phi) is 2.81. The summed E-state index contributed by atoms with van der Waals surface area (Å²) in [5.74, 6) is -0.171. The van der Waals surface area contributed by atoms with Crippen molar-refractivity contribution in [3.8, 4) is 11.4 Å². The lowest BCUT2D eigenvalue weighted by molar-refractivity contribution is 0.509. The predicted octanol–water partition coefficient (Wildman–Crippen LogP) is 3.41. The molecular weight excluding hydrogens is 304 g/mol. The first kappa shape index (κ1) is 11.6. The average Bonchev–Trinajstić information content (AvgIpc) is 2.71. The molecule has 0 spiro atoms. The molecule has 1 aromatic carbocycles. The van der Waals surface area contributed by atoms with Crippen LogP contribution in [0, 0.1) is 11.6 Å². The van der Waals surface area contributed by atoms with Gasteiger partial charge >= 0.3 is 0 Å². The van der Waals surface area contributed by atoms with E-state index >= 15 is 0 Å². The lowest BCUT2D eigenvalue weighted by Gasteiger charge is -2.18. The van der Waals surface area contributed by atoms with Crippen LogP contribution >= 0.6 is 15.9 Å². The van der Waals surface area contributed by atoms with E-state index in [4.69, 9.17) is 0 Å². The van der Waals surface area contributed by atoms with Crippen LogP contribution in [0.1, 0.15) is 6.42 Å². The molecule has 6 heteroatoms. The number of anilines is 1. The summed E-state index contributed by atoms with van der Waals surface area (Å²) >= 11 is 3.37. The highest BCUT2D eigenvalue weighted by Crippen LogP contribution is 2.32. The van der Waals surface area contributed by atoms with Gasteiger partial charge in [-0.3, -0.25) is 0 Å². The third kappa shape index (κ3) is 1.80.